The summed E-state index contributed by atoms with van der Waals surface area (Å²) < 4.78 is 10.8. The van der Waals surface area contributed by atoms with Crippen LogP contribution in [0.1, 0.15) is 36.5 Å². The lowest BCUT2D eigenvalue weighted by Gasteiger charge is -2.34. The van der Waals surface area contributed by atoms with Gasteiger partial charge in [0.15, 0.2) is 12.4 Å². The Morgan fingerprint density at radius 3 is 2.95 bits per heavy atom. The Morgan fingerprint density at radius 1 is 1.42 bits per heavy atom. The monoisotopic (exact) mass is 259 g/mol. The van der Waals surface area contributed by atoms with Crippen LogP contribution in [0.25, 0.3) is 0 Å². The molecule has 19 heavy (non-hydrogen) atoms. The third-order valence-electron chi connectivity index (χ3n) is 3.51. The first-order valence-electron chi connectivity index (χ1n) is 6.47. The zero-order valence-electron chi connectivity index (χ0n) is 10.9. The number of hydrogen-bond acceptors (Lipinski definition) is 5. The fraction of sp³-hybridized carbons (Fsp3) is 0.429. The topological polar surface area (TPSA) is 74.2 Å². The van der Waals surface area contributed by atoms with Gasteiger partial charge >= 0.3 is 0 Å². The van der Waals surface area contributed by atoms with E-state index >= 15 is 0 Å². The molecule has 1 heterocycles. The van der Waals surface area contributed by atoms with Gasteiger partial charge in [0.1, 0.15) is 5.75 Å². The molecule has 0 spiro atoms. The van der Waals surface area contributed by atoms with Gasteiger partial charge in [-0.3, -0.25) is 0 Å². The van der Waals surface area contributed by atoms with Crippen LogP contribution in [0.2, 0.25) is 0 Å². The van der Waals surface area contributed by atoms with Crippen LogP contribution in [-0.2, 0) is 12.1 Å². The minimum Gasteiger partial charge on any atom is -0.484 e. The molecule has 0 radical (unpaired) electrons. The maximum absolute atomic E-state index is 6.14. The lowest BCUT2D eigenvalue weighted by Crippen LogP contribution is -2.44. The summed E-state index contributed by atoms with van der Waals surface area (Å²) in [4.78, 5) is 4.31. The van der Waals surface area contributed by atoms with E-state index in [0.717, 1.165) is 30.6 Å². The molecule has 1 aliphatic carbocycles. The molecule has 0 unspecified atom stereocenters. The van der Waals surface area contributed by atoms with Crippen molar-refractivity contribution in [3.8, 4) is 5.75 Å². The van der Waals surface area contributed by atoms with Gasteiger partial charge in [0.25, 0.3) is 5.89 Å². The number of nitrogens with two attached hydrogens (primary N) is 1. The average molecular weight is 259 g/mol. The first-order valence-corrected chi connectivity index (χ1v) is 6.47. The summed E-state index contributed by atoms with van der Waals surface area (Å²) in [7, 11) is 0. The molecule has 0 saturated heterocycles. The summed E-state index contributed by atoms with van der Waals surface area (Å²) >= 11 is 0. The molecule has 2 N–H and O–H groups in total. The highest BCUT2D eigenvalue weighted by molar-refractivity contribution is 5.27. The molecule has 1 saturated carbocycles. The largest absolute Gasteiger partial charge is 0.484 e. The highest BCUT2D eigenvalue weighted by Crippen LogP contribution is 2.36. The number of aromatic nitrogens is 2. The Balaban J connectivity index is 1.64. The maximum atomic E-state index is 6.14. The maximum Gasteiger partial charge on any atom is 0.264 e. The molecule has 3 rings (SSSR count). The lowest BCUT2D eigenvalue weighted by molar-refractivity contribution is 0.223. The molecule has 1 aromatic carbocycles. The van der Waals surface area contributed by atoms with Crippen LogP contribution in [0.3, 0.4) is 0 Å². The van der Waals surface area contributed by atoms with E-state index in [9.17, 15) is 0 Å². The van der Waals surface area contributed by atoms with Crippen LogP contribution >= 0.6 is 0 Å². The molecule has 5 heteroatoms. The van der Waals surface area contributed by atoms with Gasteiger partial charge in [-0.2, -0.15) is 4.98 Å². The summed E-state index contributed by atoms with van der Waals surface area (Å²) in [5, 5.41) is 3.95. The Morgan fingerprint density at radius 2 is 2.26 bits per heavy atom. The predicted octanol–water partition coefficient (Wildman–Crippen LogP) is 2.29. The third-order valence-corrected chi connectivity index (χ3v) is 3.51. The molecule has 1 fully saturated rings. The van der Waals surface area contributed by atoms with Crippen LogP contribution in [0.15, 0.2) is 28.8 Å². The van der Waals surface area contributed by atoms with Crippen LogP contribution < -0.4 is 10.5 Å². The molecule has 1 aliphatic rings. The van der Waals surface area contributed by atoms with E-state index in [1.54, 1.807) is 0 Å². The molecular weight excluding hydrogens is 242 g/mol. The number of benzene rings is 1. The molecule has 0 amide bonds. The van der Waals surface area contributed by atoms with Gasteiger partial charge < -0.3 is 15.0 Å². The molecular formula is C14H17N3O2. The standard InChI is InChI=1S/C14H17N3O2/c1-10-4-2-5-11(8-10)18-9-12-16-13(17-19-12)14(15)6-3-7-14/h2,4-5,8H,3,6-7,9,15H2,1H3. The summed E-state index contributed by atoms with van der Waals surface area (Å²) in [6.45, 7) is 2.29. The summed E-state index contributed by atoms with van der Waals surface area (Å²) in [5.41, 5.74) is 6.91. The van der Waals surface area contributed by atoms with E-state index < -0.39 is 0 Å². The Hall–Kier alpha value is -1.88. The summed E-state index contributed by atoms with van der Waals surface area (Å²) in [6, 6.07) is 7.84. The number of nitrogens with zero attached hydrogens (tertiary/aromatic N) is 2. The molecule has 0 bridgehead atoms. The van der Waals surface area contributed by atoms with Gasteiger partial charge in [-0.1, -0.05) is 17.3 Å². The number of aryl methyl sites for hydroxylation is 1. The van der Waals surface area contributed by atoms with Crippen molar-refractivity contribution in [3.63, 3.8) is 0 Å². The minimum atomic E-state index is -0.384. The van der Waals surface area contributed by atoms with Gasteiger partial charge in [-0.05, 0) is 43.9 Å². The van der Waals surface area contributed by atoms with Gasteiger partial charge in [0.2, 0.25) is 0 Å². The van der Waals surface area contributed by atoms with Crippen molar-refractivity contribution in [1.82, 2.24) is 10.1 Å². The van der Waals surface area contributed by atoms with Gasteiger partial charge in [-0.15, -0.1) is 0 Å². The lowest BCUT2D eigenvalue weighted by atomic mass is 9.77. The second-order valence-electron chi connectivity index (χ2n) is 5.13. The first kappa shape index (κ1) is 12.2. The van der Waals surface area contributed by atoms with Crippen LogP contribution in [0, 0.1) is 6.92 Å². The van der Waals surface area contributed by atoms with Crippen molar-refractivity contribution >= 4 is 0 Å². The van der Waals surface area contributed by atoms with E-state index in [1.807, 2.05) is 31.2 Å². The number of ether oxygens (including phenoxy) is 1. The van der Waals surface area contributed by atoms with Gasteiger partial charge in [0.05, 0.1) is 5.54 Å². The van der Waals surface area contributed by atoms with Crippen molar-refractivity contribution in [3.05, 3.63) is 41.5 Å². The smallest absolute Gasteiger partial charge is 0.264 e. The fourth-order valence-electron chi connectivity index (χ4n) is 2.15. The van der Waals surface area contributed by atoms with Crippen molar-refractivity contribution in [2.45, 2.75) is 38.3 Å². The number of rotatable bonds is 4. The molecule has 0 aliphatic heterocycles. The first-order chi connectivity index (χ1) is 9.16. The van der Waals surface area contributed by atoms with Crippen molar-refractivity contribution in [2.24, 2.45) is 5.73 Å². The van der Waals surface area contributed by atoms with E-state index in [0.29, 0.717) is 11.7 Å². The van der Waals surface area contributed by atoms with E-state index in [-0.39, 0.29) is 12.1 Å². The number of hydrogen-bond donors (Lipinski definition) is 1. The molecule has 5 nitrogen and oxygen atoms in total. The minimum absolute atomic E-state index is 0.270. The SMILES string of the molecule is Cc1cccc(OCc2nc(C3(N)CCC3)no2)c1. The second-order valence-corrected chi connectivity index (χ2v) is 5.13. The Kier molecular flexibility index (Phi) is 2.98. The average Bonchev–Trinajstić information content (AvgIpc) is 2.83. The van der Waals surface area contributed by atoms with Crippen molar-refractivity contribution in [1.29, 1.82) is 0 Å². The van der Waals surface area contributed by atoms with E-state index in [4.69, 9.17) is 15.0 Å². The molecule has 0 atom stereocenters. The Labute approximate surface area is 111 Å². The molecule has 100 valence electrons. The second kappa shape index (κ2) is 4.66. The van der Waals surface area contributed by atoms with Crippen molar-refractivity contribution in [2.75, 3.05) is 0 Å². The predicted molar refractivity (Wildman–Crippen MR) is 69.5 cm³/mol. The third kappa shape index (κ3) is 2.46. The van der Waals surface area contributed by atoms with Crippen LogP contribution in [-0.4, -0.2) is 10.1 Å². The van der Waals surface area contributed by atoms with Gasteiger partial charge in [0, 0.05) is 0 Å². The highest BCUT2D eigenvalue weighted by Gasteiger charge is 2.38. The summed E-state index contributed by atoms with van der Waals surface area (Å²) in [5.74, 6) is 1.86. The zero-order valence-corrected chi connectivity index (χ0v) is 10.9. The zero-order chi connectivity index (χ0) is 13.3. The van der Waals surface area contributed by atoms with E-state index in [1.165, 1.54) is 0 Å². The normalized spacial score (nSPS) is 16.9. The highest BCUT2D eigenvalue weighted by atomic mass is 16.5. The fourth-order valence-corrected chi connectivity index (χ4v) is 2.15. The van der Waals surface area contributed by atoms with E-state index in [2.05, 4.69) is 10.1 Å². The quantitative estimate of drug-likeness (QED) is 0.911. The Bertz CT molecular complexity index is 576. The van der Waals surface area contributed by atoms with Crippen LogP contribution in [0.4, 0.5) is 0 Å². The summed E-state index contributed by atoms with van der Waals surface area (Å²) in [6.07, 6.45) is 2.97. The van der Waals surface area contributed by atoms with Gasteiger partial charge in [-0.25, -0.2) is 0 Å². The van der Waals surface area contributed by atoms with Crippen molar-refractivity contribution < 1.29 is 9.26 Å². The molecule has 2 aromatic rings. The molecule has 1 aromatic heterocycles. The van der Waals surface area contributed by atoms with Crippen LogP contribution in [0.5, 0.6) is 5.75 Å².